The van der Waals surface area contributed by atoms with Crippen LogP contribution >= 0.6 is 0 Å². The van der Waals surface area contributed by atoms with E-state index >= 15 is 0 Å². The fourth-order valence-electron chi connectivity index (χ4n) is 8.64. The van der Waals surface area contributed by atoms with Crippen LogP contribution in [0.5, 0.6) is 0 Å². The van der Waals surface area contributed by atoms with Gasteiger partial charge < -0.3 is 63.8 Å². The summed E-state index contributed by atoms with van der Waals surface area (Å²) in [5, 5.41) is 49.0. The molecule has 18 atom stereocenters. The second-order valence-corrected chi connectivity index (χ2v) is 16.9. The first-order valence-electron chi connectivity index (χ1n) is 19.4. The van der Waals surface area contributed by atoms with Crippen LogP contribution in [0, 0.1) is 17.8 Å². The first kappa shape index (κ1) is 46.0. The van der Waals surface area contributed by atoms with Gasteiger partial charge in [-0.2, -0.15) is 0 Å². The summed E-state index contributed by atoms with van der Waals surface area (Å²) in [4.78, 5) is 16.2. The molecule has 3 rings (SSSR count). The van der Waals surface area contributed by atoms with Crippen molar-refractivity contribution in [2.45, 2.75) is 185 Å². The van der Waals surface area contributed by atoms with E-state index in [0.717, 1.165) is 0 Å². The number of carbonyl (C=O) groups excluding carboxylic acids is 1. The van der Waals surface area contributed by atoms with Crippen molar-refractivity contribution in [2.24, 2.45) is 17.8 Å². The first-order chi connectivity index (χ1) is 24.6. The summed E-state index contributed by atoms with van der Waals surface area (Å²) in [6.45, 7) is 22.3. The summed E-state index contributed by atoms with van der Waals surface area (Å²) < 4.78 is 44.4. The number of nitrogens with zero attached hydrogens (tertiary/aromatic N) is 1. The van der Waals surface area contributed by atoms with Crippen molar-refractivity contribution in [1.29, 1.82) is 0 Å². The Balaban J connectivity index is 2.22. The standard InChI is InChI=1S/C39H72N2O12/c1-15-28-39(11,46)32(43)25(7)40-20-21(3)18-38(10,48-16-2)34(53-36-30(42)27(41(12)13)17-22(4)49-36)23(5)31(24(6)35(45)51-28)52-29-19-37(9,47-14)33(44)26(8)50-29/h16,21-34,36,40,42-44,46H,2,15,17-20H2,1,3-14H3/t21-,22-,23+,24-,25-,26+,27+,28-,29+,30-,31+,32-,33+,34-,36+,37-,38-,39-/m1/s1. The number of likely N-dealkylation sites (N-methyl/N-ethyl adjacent to an activating group) is 1. The Bertz CT molecular complexity index is 1180. The van der Waals surface area contributed by atoms with Crippen LogP contribution in [-0.2, 0) is 38.0 Å². The van der Waals surface area contributed by atoms with Gasteiger partial charge in [0.25, 0.3) is 0 Å². The Labute approximate surface area is 317 Å². The maximum Gasteiger partial charge on any atom is 0.311 e. The Hall–Kier alpha value is -1.43. The Kier molecular flexibility index (Phi) is 16.2. The van der Waals surface area contributed by atoms with Gasteiger partial charge in [-0.15, -0.1) is 0 Å². The first-order valence-corrected chi connectivity index (χ1v) is 19.4. The number of aliphatic hydroxyl groups excluding tert-OH is 3. The number of esters is 1. The molecule has 14 nitrogen and oxygen atoms in total. The summed E-state index contributed by atoms with van der Waals surface area (Å²) in [6.07, 6.45) is -6.25. The average Bonchev–Trinajstić information content (AvgIpc) is 3.09. The Morgan fingerprint density at radius 1 is 0.981 bits per heavy atom. The molecule has 0 saturated carbocycles. The topological polar surface area (TPSA) is 178 Å². The fourth-order valence-corrected chi connectivity index (χ4v) is 8.64. The number of hydrogen-bond donors (Lipinski definition) is 5. The van der Waals surface area contributed by atoms with Crippen molar-refractivity contribution in [2.75, 3.05) is 27.7 Å². The molecule has 0 amide bonds. The molecule has 3 fully saturated rings. The van der Waals surface area contributed by atoms with Crippen LogP contribution in [0.3, 0.4) is 0 Å². The lowest BCUT2D eigenvalue weighted by Gasteiger charge is -2.49. The van der Waals surface area contributed by atoms with Gasteiger partial charge in [0.05, 0.1) is 36.1 Å². The van der Waals surface area contributed by atoms with Gasteiger partial charge in [0.1, 0.15) is 41.7 Å². The van der Waals surface area contributed by atoms with Gasteiger partial charge in [-0.1, -0.05) is 27.4 Å². The molecular weight excluding hydrogens is 688 g/mol. The Morgan fingerprint density at radius 3 is 2.19 bits per heavy atom. The molecule has 14 heteroatoms. The third-order valence-electron chi connectivity index (χ3n) is 12.1. The van der Waals surface area contributed by atoms with Gasteiger partial charge in [-0.25, -0.2) is 0 Å². The van der Waals surface area contributed by atoms with E-state index in [4.69, 9.17) is 33.2 Å². The zero-order valence-corrected chi connectivity index (χ0v) is 34.5. The van der Waals surface area contributed by atoms with Gasteiger partial charge in [-0.05, 0) is 94.3 Å². The van der Waals surface area contributed by atoms with E-state index in [0.29, 0.717) is 19.4 Å². The molecular formula is C39H72N2O12. The Morgan fingerprint density at radius 2 is 1.62 bits per heavy atom. The van der Waals surface area contributed by atoms with E-state index in [9.17, 15) is 25.2 Å². The zero-order valence-electron chi connectivity index (χ0n) is 34.5. The molecule has 0 aromatic carbocycles. The molecule has 0 spiro atoms. The van der Waals surface area contributed by atoms with Crippen LogP contribution in [0.2, 0.25) is 0 Å². The average molecular weight is 761 g/mol. The molecule has 0 unspecified atom stereocenters. The highest BCUT2D eigenvalue weighted by Crippen LogP contribution is 2.41. The molecule has 3 heterocycles. The van der Waals surface area contributed by atoms with Crippen LogP contribution < -0.4 is 5.32 Å². The molecule has 3 aliphatic rings. The molecule has 3 aliphatic heterocycles. The number of aliphatic hydroxyl groups is 4. The minimum Gasteiger partial charge on any atom is -0.493 e. The van der Waals surface area contributed by atoms with Crippen LogP contribution in [-0.4, -0.2) is 149 Å². The van der Waals surface area contributed by atoms with Crippen LogP contribution in [0.25, 0.3) is 0 Å². The fraction of sp³-hybridized carbons (Fsp3) is 0.923. The zero-order chi connectivity index (χ0) is 40.2. The van der Waals surface area contributed by atoms with Crippen molar-refractivity contribution in [3.63, 3.8) is 0 Å². The summed E-state index contributed by atoms with van der Waals surface area (Å²) in [6, 6.07) is -0.818. The lowest BCUT2D eigenvalue weighted by Crippen LogP contribution is -2.60. The molecule has 0 radical (unpaired) electrons. The minimum atomic E-state index is -1.79. The number of methoxy groups -OCH3 is 1. The van der Waals surface area contributed by atoms with E-state index < -0.39 is 96.0 Å². The predicted octanol–water partition coefficient (Wildman–Crippen LogP) is 2.73. The maximum absolute atomic E-state index is 14.3. The molecule has 3 saturated heterocycles. The molecule has 0 aromatic heterocycles. The number of cyclic esters (lactones) is 1. The summed E-state index contributed by atoms with van der Waals surface area (Å²) in [5.41, 5.74) is -3.92. The smallest absolute Gasteiger partial charge is 0.311 e. The molecule has 0 aromatic rings. The van der Waals surface area contributed by atoms with Gasteiger partial charge >= 0.3 is 5.97 Å². The van der Waals surface area contributed by atoms with E-state index in [-0.39, 0.29) is 30.9 Å². The minimum absolute atomic E-state index is 0.0725. The summed E-state index contributed by atoms with van der Waals surface area (Å²) in [7, 11) is 5.33. The van der Waals surface area contributed by atoms with E-state index in [2.05, 4.69) is 11.9 Å². The maximum atomic E-state index is 14.3. The van der Waals surface area contributed by atoms with Crippen molar-refractivity contribution in [1.82, 2.24) is 10.2 Å². The SMILES string of the molecule is C=CO[C@]1(C)C[C@@H](C)CN[C@H](C)[C@@H](O)[C@](C)(O)[C@@H](CC)OC(=O)[C@H](C)[C@@H](O[C@H]2C[C@@](C)(OC)[C@@H](O)[C@H](C)O2)[C@H](C)[C@H]1O[C@@H]1O[C@H](C)C[C@H](N(C)C)[C@H]1O. The van der Waals surface area contributed by atoms with Crippen molar-refractivity contribution in [3.05, 3.63) is 12.8 Å². The second kappa shape index (κ2) is 18.7. The number of carbonyl (C=O) groups is 1. The third kappa shape index (κ3) is 10.5. The number of nitrogens with one attached hydrogen (secondary N) is 1. The lowest BCUT2D eigenvalue weighted by atomic mass is 9.77. The quantitative estimate of drug-likeness (QED) is 0.171. The number of hydrogen-bond acceptors (Lipinski definition) is 14. The van der Waals surface area contributed by atoms with Gasteiger partial charge in [0.15, 0.2) is 12.6 Å². The van der Waals surface area contributed by atoms with Crippen molar-refractivity contribution < 1.29 is 58.4 Å². The van der Waals surface area contributed by atoms with Crippen LogP contribution in [0.15, 0.2) is 12.8 Å². The largest absolute Gasteiger partial charge is 0.493 e. The normalized spacial score (nSPS) is 48.3. The van der Waals surface area contributed by atoms with Gasteiger partial charge in [0, 0.05) is 31.5 Å². The van der Waals surface area contributed by atoms with Crippen molar-refractivity contribution in [3.8, 4) is 0 Å². The number of ether oxygens (including phenoxy) is 7. The van der Waals surface area contributed by atoms with Crippen LogP contribution in [0.4, 0.5) is 0 Å². The van der Waals surface area contributed by atoms with Gasteiger partial charge in [-0.3, -0.25) is 4.79 Å². The molecule has 53 heavy (non-hydrogen) atoms. The monoisotopic (exact) mass is 761 g/mol. The summed E-state index contributed by atoms with van der Waals surface area (Å²) >= 11 is 0. The molecule has 0 bridgehead atoms. The third-order valence-corrected chi connectivity index (χ3v) is 12.1. The highest BCUT2D eigenvalue weighted by Gasteiger charge is 2.53. The van der Waals surface area contributed by atoms with E-state index in [1.807, 2.05) is 46.7 Å². The molecule has 5 N–H and O–H groups in total. The van der Waals surface area contributed by atoms with E-state index in [1.165, 1.54) is 20.3 Å². The van der Waals surface area contributed by atoms with Crippen LogP contribution in [0.1, 0.15) is 94.9 Å². The predicted molar refractivity (Wildman–Crippen MR) is 199 cm³/mol. The molecule has 310 valence electrons. The van der Waals surface area contributed by atoms with E-state index in [1.54, 1.807) is 34.6 Å². The molecule has 0 aliphatic carbocycles. The van der Waals surface area contributed by atoms with Gasteiger partial charge in [0.2, 0.25) is 0 Å². The lowest BCUT2D eigenvalue weighted by molar-refractivity contribution is -0.318. The summed E-state index contributed by atoms with van der Waals surface area (Å²) in [5.74, 6) is -2.38. The van der Waals surface area contributed by atoms with Crippen molar-refractivity contribution >= 4 is 5.97 Å². The number of rotatable bonds is 9. The second-order valence-electron chi connectivity index (χ2n) is 16.9. The highest BCUT2D eigenvalue weighted by atomic mass is 16.7. The highest BCUT2D eigenvalue weighted by molar-refractivity contribution is 5.73.